The van der Waals surface area contributed by atoms with Gasteiger partial charge in [0.2, 0.25) is 5.78 Å². The van der Waals surface area contributed by atoms with Crippen molar-refractivity contribution in [2.24, 2.45) is 5.73 Å². The highest BCUT2D eigenvalue weighted by Gasteiger charge is 2.23. The molecule has 0 fully saturated rings. The first-order chi connectivity index (χ1) is 14.0. The maximum absolute atomic E-state index is 12.6. The summed E-state index contributed by atoms with van der Waals surface area (Å²) in [6.45, 7) is 1.62. The second kappa shape index (κ2) is 9.05. The summed E-state index contributed by atoms with van der Waals surface area (Å²) in [4.78, 5) is 39.5. The Morgan fingerprint density at radius 1 is 1.10 bits per heavy atom. The number of Topliss-reactive ketones (excluding diaryl/α,β-unsaturated/α-hetero) is 1. The number of ketones is 1. The number of hydrogen-bond donors (Lipinski definition) is 3. The van der Waals surface area contributed by atoms with Crippen LogP contribution in [-0.2, 0) is 22.4 Å². The molecule has 3 aromatic rings. The van der Waals surface area contributed by atoms with Gasteiger partial charge in [-0.25, -0.2) is 9.59 Å². The molecule has 7 nitrogen and oxygen atoms in total. The first-order valence-corrected chi connectivity index (χ1v) is 9.38. The van der Waals surface area contributed by atoms with Gasteiger partial charge in [0.1, 0.15) is 6.04 Å². The van der Waals surface area contributed by atoms with Gasteiger partial charge in [-0.2, -0.15) is 0 Å². The highest BCUT2D eigenvalue weighted by Crippen LogP contribution is 2.22. The average molecular weight is 393 g/mol. The number of primary amides is 1. The van der Waals surface area contributed by atoms with Gasteiger partial charge in [0.25, 0.3) is 0 Å². The molecule has 0 saturated carbocycles. The van der Waals surface area contributed by atoms with Crippen molar-refractivity contribution in [3.8, 4) is 0 Å². The van der Waals surface area contributed by atoms with Crippen molar-refractivity contribution < 1.29 is 19.1 Å². The number of carbonyl (C=O) groups excluding carboxylic acids is 3. The van der Waals surface area contributed by atoms with Gasteiger partial charge in [-0.15, -0.1) is 0 Å². The molecule has 0 bridgehead atoms. The molecule has 2 amide bonds. The quantitative estimate of drug-likeness (QED) is 0.403. The lowest BCUT2D eigenvalue weighted by Gasteiger charge is -2.16. The third-order valence-electron chi connectivity index (χ3n) is 4.71. The van der Waals surface area contributed by atoms with Gasteiger partial charge >= 0.3 is 12.0 Å². The number of carbonyl (C=O) groups is 3. The number of fused-ring (bicyclic) bond motifs is 1. The van der Waals surface area contributed by atoms with Crippen LogP contribution < -0.4 is 11.1 Å². The molecule has 0 radical (unpaired) electrons. The Labute approximate surface area is 168 Å². The summed E-state index contributed by atoms with van der Waals surface area (Å²) < 4.78 is 5.20. The molecule has 1 aromatic heterocycles. The molecular formula is C22H23N3O4. The number of ether oxygens (including phenoxy) is 1. The second-order valence-corrected chi connectivity index (χ2v) is 6.68. The van der Waals surface area contributed by atoms with Crippen molar-refractivity contribution >= 4 is 28.7 Å². The number of hydrogen-bond acceptors (Lipinski definition) is 4. The van der Waals surface area contributed by atoms with Gasteiger partial charge in [-0.1, -0.05) is 55.5 Å². The summed E-state index contributed by atoms with van der Waals surface area (Å²) in [5.41, 5.74) is 8.48. The van der Waals surface area contributed by atoms with Crippen molar-refractivity contribution in [2.45, 2.75) is 25.8 Å². The molecule has 1 atom stereocenters. The third-order valence-corrected chi connectivity index (χ3v) is 4.71. The normalized spacial score (nSPS) is 11.8. The lowest BCUT2D eigenvalue weighted by atomic mass is 10.0. The molecule has 2 aromatic carbocycles. The number of aromatic amines is 1. The Morgan fingerprint density at radius 3 is 2.55 bits per heavy atom. The fourth-order valence-electron chi connectivity index (χ4n) is 3.27. The minimum absolute atomic E-state index is 0.212. The first-order valence-electron chi connectivity index (χ1n) is 9.38. The van der Waals surface area contributed by atoms with Crippen LogP contribution in [-0.4, -0.2) is 35.4 Å². The molecule has 3 rings (SSSR count). The number of nitrogens with two attached hydrogens (primary N) is 1. The molecule has 0 aliphatic carbocycles. The SMILES string of the molecule is CCc1cccc2c(C(=O)COC(=O)[C@H](Cc3ccccc3)NC(N)=O)c[nH]c12. The zero-order chi connectivity index (χ0) is 20.8. The number of nitrogens with one attached hydrogen (secondary N) is 2. The molecule has 0 saturated heterocycles. The lowest BCUT2D eigenvalue weighted by molar-refractivity contribution is -0.144. The van der Waals surface area contributed by atoms with E-state index in [0.29, 0.717) is 5.56 Å². The summed E-state index contributed by atoms with van der Waals surface area (Å²) in [6, 6.07) is 13.1. The van der Waals surface area contributed by atoms with E-state index in [1.807, 2.05) is 55.5 Å². The molecule has 0 unspecified atom stereocenters. The fraction of sp³-hybridized carbons (Fsp3) is 0.227. The number of benzene rings is 2. The lowest BCUT2D eigenvalue weighted by Crippen LogP contribution is -2.46. The van der Waals surface area contributed by atoms with Crippen molar-refractivity contribution in [1.82, 2.24) is 10.3 Å². The molecule has 150 valence electrons. The van der Waals surface area contributed by atoms with E-state index in [1.165, 1.54) is 0 Å². The van der Waals surface area contributed by atoms with Gasteiger partial charge < -0.3 is 20.8 Å². The Morgan fingerprint density at radius 2 is 1.86 bits per heavy atom. The van der Waals surface area contributed by atoms with Gasteiger partial charge in [0.05, 0.1) is 0 Å². The smallest absolute Gasteiger partial charge is 0.329 e. The Bertz CT molecular complexity index is 1030. The van der Waals surface area contributed by atoms with Crippen LogP contribution in [0.5, 0.6) is 0 Å². The van der Waals surface area contributed by atoms with Crippen molar-refractivity contribution in [3.05, 3.63) is 71.4 Å². The molecule has 1 heterocycles. The van der Waals surface area contributed by atoms with Crippen molar-refractivity contribution in [3.63, 3.8) is 0 Å². The van der Waals surface area contributed by atoms with Crippen LogP contribution in [0.1, 0.15) is 28.4 Å². The number of urea groups is 1. The van der Waals surface area contributed by atoms with Crippen molar-refractivity contribution in [1.29, 1.82) is 0 Å². The number of H-pyrrole nitrogens is 1. The predicted octanol–water partition coefficient (Wildman–Crippen LogP) is 2.74. The number of aromatic nitrogens is 1. The van der Waals surface area contributed by atoms with E-state index in [9.17, 15) is 14.4 Å². The standard InChI is InChI=1S/C22H23N3O4/c1-2-15-9-6-10-16-17(12-24-20(15)16)19(26)13-29-21(27)18(25-22(23)28)11-14-7-4-3-5-8-14/h3-10,12,18,24H,2,11,13H2,1H3,(H3,23,25,28)/t18-/m0/s1. The number of amides is 2. The highest BCUT2D eigenvalue weighted by atomic mass is 16.5. The minimum atomic E-state index is -0.975. The summed E-state index contributed by atoms with van der Waals surface area (Å²) in [5.74, 6) is -1.04. The predicted molar refractivity (Wildman–Crippen MR) is 110 cm³/mol. The first kappa shape index (κ1) is 20.1. The maximum Gasteiger partial charge on any atom is 0.329 e. The van der Waals surface area contributed by atoms with Crippen LogP contribution >= 0.6 is 0 Å². The molecule has 0 spiro atoms. The molecule has 29 heavy (non-hydrogen) atoms. The van der Waals surface area contributed by atoms with Crippen LogP contribution in [0.25, 0.3) is 10.9 Å². The third kappa shape index (κ3) is 4.82. The van der Waals surface area contributed by atoms with Crippen LogP contribution in [0, 0.1) is 0 Å². The van der Waals surface area contributed by atoms with Gasteiger partial charge in [0, 0.05) is 29.1 Å². The highest BCUT2D eigenvalue weighted by molar-refractivity contribution is 6.09. The summed E-state index contributed by atoms with van der Waals surface area (Å²) >= 11 is 0. The summed E-state index contributed by atoms with van der Waals surface area (Å²) in [6.07, 6.45) is 2.67. The monoisotopic (exact) mass is 393 g/mol. The largest absolute Gasteiger partial charge is 0.456 e. The van der Waals surface area contributed by atoms with Crippen LogP contribution in [0.2, 0.25) is 0 Å². The summed E-state index contributed by atoms with van der Waals surface area (Å²) in [7, 11) is 0. The van der Waals surface area contributed by atoms with Crippen LogP contribution in [0.3, 0.4) is 0 Å². The Kier molecular flexibility index (Phi) is 6.29. The van der Waals surface area contributed by atoms with Crippen LogP contribution in [0.15, 0.2) is 54.7 Å². The van der Waals surface area contributed by atoms with Gasteiger partial charge in [-0.05, 0) is 17.5 Å². The fourth-order valence-corrected chi connectivity index (χ4v) is 3.27. The number of esters is 1. The molecule has 4 N–H and O–H groups in total. The minimum Gasteiger partial charge on any atom is -0.456 e. The molecular weight excluding hydrogens is 370 g/mol. The topological polar surface area (TPSA) is 114 Å². The summed E-state index contributed by atoms with van der Waals surface area (Å²) in [5, 5.41) is 3.17. The van der Waals surface area contributed by atoms with E-state index in [2.05, 4.69) is 10.3 Å². The van der Waals surface area contributed by atoms with E-state index < -0.39 is 24.6 Å². The van der Waals surface area contributed by atoms with E-state index in [4.69, 9.17) is 10.5 Å². The number of para-hydroxylation sites is 1. The Hall–Kier alpha value is -3.61. The van der Waals surface area contributed by atoms with E-state index in [-0.39, 0.29) is 12.2 Å². The van der Waals surface area contributed by atoms with Gasteiger partial charge in [0.15, 0.2) is 6.61 Å². The Balaban J connectivity index is 1.69. The van der Waals surface area contributed by atoms with E-state index >= 15 is 0 Å². The second-order valence-electron chi connectivity index (χ2n) is 6.68. The zero-order valence-electron chi connectivity index (χ0n) is 16.1. The molecule has 0 aliphatic heterocycles. The van der Waals surface area contributed by atoms with Crippen LogP contribution in [0.4, 0.5) is 4.79 Å². The van der Waals surface area contributed by atoms with Crippen molar-refractivity contribution in [2.75, 3.05) is 6.61 Å². The average Bonchev–Trinajstić information content (AvgIpc) is 3.16. The molecule has 0 aliphatic rings. The maximum atomic E-state index is 12.6. The van der Waals surface area contributed by atoms with Gasteiger partial charge in [-0.3, -0.25) is 4.79 Å². The molecule has 7 heteroatoms. The number of aryl methyl sites for hydroxylation is 1. The zero-order valence-corrected chi connectivity index (χ0v) is 16.1. The van der Waals surface area contributed by atoms with E-state index in [0.717, 1.165) is 28.5 Å². The van der Waals surface area contributed by atoms with E-state index in [1.54, 1.807) is 6.20 Å². The number of rotatable bonds is 8.